The second-order valence-corrected chi connectivity index (χ2v) is 8.50. The van der Waals surface area contributed by atoms with Gasteiger partial charge in [-0.3, -0.25) is 14.9 Å². The van der Waals surface area contributed by atoms with Crippen LogP contribution in [0.2, 0.25) is 5.02 Å². The third-order valence-corrected chi connectivity index (χ3v) is 5.91. The number of amides is 2. The monoisotopic (exact) mass is 533 g/mol. The molecule has 0 saturated heterocycles. The van der Waals surface area contributed by atoms with Gasteiger partial charge >= 0.3 is 0 Å². The molecule has 0 heterocycles. The Bertz CT molecular complexity index is 1200. The van der Waals surface area contributed by atoms with Crippen molar-refractivity contribution in [2.45, 2.75) is 19.8 Å². The molecule has 0 aromatic heterocycles. The Hall–Kier alpha value is -2.68. The van der Waals surface area contributed by atoms with Crippen molar-refractivity contribution in [2.24, 2.45) is 0 Å². The molecule has 0 aliphatic heterocycles. The number of nitrogens with one attached hydrogen (secondary N) is 3. The SMILES string of the molecule is CCCC(=O)Nc1ccc(Cl)c(NC(=S)NC(=O)c2cc3ccccc3c(Br)c2OC)c1. The van der Waals surface area contributed by atoms with Gasteiger partial charge < -0.3 is 15.4 Å². The van der Waals surface area contributed by atoms with Crippen LogP contribution in [0, 0.1) is 0 Å². The van der Waals surface area contributed by atoms with Crippen LogP contribution in [0.4, 0.5) is 11.4 Å². The quantitative estimate of drug-likeness (QED) is 0.332. The minimum absolute atomic E-state index is 0.0558. The number of hydrogen-bond acceptors (Lipinski definition) is 4. The molecule has 3 aromatic carbocycles. The van der Waals surface area contributed by atoms with Gasteiger partial charge in [0.05, 0.1) is 27.9 Å². The molecule has 0 bridgehead atoms. The second kappa shape index (κ2) is 10.8. The van der Waals surface area contributed by atoms with Crippen molar-refractivity contribution in [1.82, 2.24) is 5.32 Å². The molecule has 3 rings (SSSR count). The van der Waals surface area contributed by atoms with E-state index in [1.54, 1.807) is 24.3 Å². The van der Waals surface area contributed by atoms with Gasteiger partial charge in [0.1, 0.15) is 5.75 Å². The molecule has 3 N–H and O–H groups in total. The van der Waals surface area contributed by atoms with Crippen LogP contribution in [-0.4, -0.2) is 24.0 Å². The Balaban J connectivity index is 1.78. The zero-order valence-corrected chi connectivity index (χ0v) is 20.6. The van der Waals surface area contributed by atoms with Gasteiger partial charge in [0, 0.05) is 12.1 Å². The molecular weight excluding hydrogens is 514 g/mol. The molecule has 0 aliphatic carbocycles. The Kier molecular flexibility index (Phi) is 8.06. The molecule has 0 aliphatic rings. The lowest BCUT2D eigenvalue weighted by atomic mass is 10.1. The number of ether oxygens (including phenoxy) is 1. The van der Waals surface area contributed by atoms with E-state index in [4.69, 9.17) is 28.6 Å². The molecule has 3 aromatic rings. The number of fused-ring (bicyclic) bond motifs is 1. The Morgan fingerprint density at radius 2 is 1.88 bits per heavy atom. The number of methoxy groups -OCH3 is 1. The maximum atomic E-state index is 13.0. The maximum Gasteiger partial charge on any atom is 0.261 e. The third-order valence-electron chi connectivity index (χ3n) is 4.59. The summed E-state index contributed by atoms with van der Waals surface area (Å²) in [5, 5.41) is 10.6. The smallest absolute Gasteiger partial charge is 0.261 e. The van der Waals surface area contributed by atoms with Crippen molar-refractivity contribution < 1.29 is 14.3 Å². The van der Waals surface area contributed by atoms with Crippen molar-refractivity contribution in [3.05, 3.63) is 63.6 Å². The summed E-state index contributed by atoms with van der Waals surface area (Å²) in [6, 6.07) is 14.4. The van der Waals surface area contributed by atoms with Gasteiger partial charge in [-0.1, -0.05) is 42.8 Å². The highest BCUT2D eigenvalue weighted by molar-refractivity contribution is 9.10. The summed E-state index contributed by atoms with van der Waals surface area (Å²) in [6.07, 6.45) is 1.16. The molecule has 0 atom stereocenters. The molecule has 0 unspecified atom stereocenters. The van der Waals surface area contributed by atoms with Crippen molar-refractivity contribution in [1.29, 1.82) is 0 Å². The van der Waals surface area contributed by atoms with Gasteiger partial charge in [-0.05, 0) is 69.6 Å². The molecule has 6 nitrogen and oxygen atoms in total. The van der Waals surface area contributed by atoms with Crippen molar-refractivity contribution in [3.63, 3.8) is 0 Å². The van der Waals surface area contributed by atoms with E-state index in [-0.39, 0.29) is 11.0 Å². The van der Waals surface area contributed by atoms with Crippen molar-refractivity contribution in [3.8, 4) is 5.75 Å². The first kappa shape index (κ1) is 24.0. The van der Waals surface area contributed by atoms with E-state index in [1.165, 1.54) is 7.11 Å². The number of hydrogen-bond donors (Lipinski definition) is 3. The number of halogens is 2. The fraction of sp³-hybridized carbons (Fsp3) is 0.174. The van der Waals surface area contributed by atoms with Crippen LogP contribution in [0.15, 0.2) is 53.0 Å². The predicted octanol–water partition coefficient (Wildman–Crippen LogP) is 6.13. The Morgan fingerprint density at radius 1 is 1.12 bits per heavy atom. The molecule has 9 heteroatoms. The van der Waals surface area contributed by atoms with Crippen LogP contribution < -0.4 is 20.7 Å². The molecule has 32 heavy (non-hydrogen) atoms. The minimum atomic E-state index is -0.436. The van der Waals surface area contributed by atoms with Gasteiger partial charge in [0.2, 0.25) is 5.91 Å². The average Bonchev–Trinajstić information content (AvgIpc) is 2.76. The second-order valence-electron chi connectivity index (χ2n) is 6.89. The average molecular weight is 535 g/mol. The molecule has 0 spiro atoms. The van der Waals surface area contributed by atoms with E-state index in [0.29, 0.717) is 38.6 Å². The highest BCUT2D eigenvalue weighted by Crippen LogP contribution is 2.36. The van der Waals surface area contributed by atoms with Gasteiger partial charge in [0.15, 0.2) is 5.11 Å². The van der Waals surface area contributed by atoms with E-state index in [2.05, 4.69) is 31.9 Å². The first-order valence-corrected chi connectivity index (χ1v) is 11.4. The molecule has 0 saturated carbocycles. The van der Waals surface area contributed by atoms with E-state index < -0.39 is 5.91 Å². The summed E-state index contributed by atoms with van der Waals surface area (Å²) in [5.41, 5.74) is 1.36. The lowest BCUT2D eigenvalue weighted by Gasteiger charge is -2.15. The van der Waals surface area contributed by atoms with Crippen LogP contribution in [0.3, 0.4) is 0 Å². The Morgan fingerprint density at radius 3 is 2.59 bits per heavy atom. The topological polar surface area (TPSA) is 79.5 Å². The predicted molar refractivity (Wildman–Crippen MR) is 137 cm³/mol. The summed E-state index contributed by atoms with van der Waals surface area (Å²) in [6.45, 7) is 1.93. The third kappa shape index (κ3) is 5.56. The summed E-state index contributed by atoms with van der Waals surface area (Å²) in [4.78, 5) is 24.8. The normalized spacial score (nSPS) is 10.5. The number of benzene rings is 3. The largest absolute Gasteiger partial charge is 0.495 e. The van der Waals surface area contributed by atoms with Crippen LogP contribution in [0.25, 0.3) is 10.8 Å². The molecule has 2 amide bonds. The summed E-state index contributed by atoms with van der Waals surface area (Å²) < 4.78 is 6.15. The molecular formula is C23H21BrClN3O3S. The van der Waals surface area contributed by atoms with E-state index >= 15 is 0 Å². The summed E-state index contributed by atoms with van der Waals surface area (Å²) in [5.74, 6) is -0.123. The maximum absolute atomic E-state index is 13.0. The molecule has 166 valence electrons. The van der Waals surface area contributed by atoms with Gasteiger partial charge in [-0.25, -0.2) is 0 Å². The van der Waals surface area contributed by atoms with Gasteiger partial charge in [-0.2, -0.15) is 0 Å². The van der Waals surface area contributed by atoms with E-state index in [1.807, 2.05) is 31.2 Å². The van der Waals surface area contributed by atoms with Crippen LogP contribution in [0.1, 0.15) is 30.1 Å². The van der Waals surface area contributed by atoms with E-state index in [0.717, 1.165) is 17.2 Å². The fourth-order valence-corrected chi connectivity index (χ4v) is 4.23. The van der Waals surface area contributed by atoms with E-state index in [9.17, 15) is 9.59 Å². The van der Waals surface area contributed by atoms with Gasteiger partial charge in [-0.15, -0.1) is 0 Å². The van der Waals surface area contributed by atoms with Crippen LogP contribution >= 0.6 is 39.7 Å². The van der Waals surface area contributed by atoms with Gasteiger partial charge in [0.25, 0.3) is 5.91 Å². The highest BCUT2D eigenvalue weighted by Gasteiger charge is 2.19. The van der Waals surface area contributed by atoms with Crippen molar-refractivity contribution in [2.75, 3.05) is 17.7 Å². The zero-order chi connectivity index (χ0) is 23.3. The zero-order valence-electron chi connectivity index (χ0n) is 17.4. The number of thiocarbonyl (C=S) groups is 1. The minimum Gasteiger partial charge on any atom is -0.495 e. The lowest BCUT2D eigenvalue weighted by Crippen LogP contribution is -2.34. The fourth-order valence-electron chi connectivity index (χ4n) is 3.13. The standard InChI is InChI=1S/C23H21BrClN3O3S/c1-3-6-19(29)26-14-9-10-17(25)18(12-14)27-23(32)28-22(30)16-11-13-7-4-5-8-15(13)20(24)21(16)31-2/h4-5,7-12H,3,6H2,1-2H3,(H,26,29)(H2,27,28,30,32). The van der Waals surface area contributed by atoms with Crippen molar-refractivity contribution >= 4 is 78.8 Å². The number of carbonyl (C=O) groups is 2. The number of rotatable bonds is 6. The first-order valence-electron chi connectivity index (χ1n) is 9.81. The molecule has 0 fully saturated rings. The lowest BCUT2D eigenvalue weighted by molar-refractivity contribution is -0.116. The molecule has 0 radical (unpaired) electrons. The Labute approximate surface area is 204 Å². The summed E-state index contributed by atoms with van der Waals surface area (Å²) in [7, 11) is 1.50. The summed E-state index contributed by atoms with van der Waals surface area (Å²) >= 11 is 15.1. The first-order chi connectivity index (χ1) is 15.3. The van der Waals surface area contributed by atoms with Crippen LogP contribution in [-0.2, 0) is 4.79 Å². The van der Waals surface area contributed by atoms with Crippen LogP contribution in [0.5, 0.6) is 5.75 Å². The highest BCUT2D eigenvalue weighted by atomic mass is 79.9. The number of carbonyl (C=O) groups excluding carboxylic acids is 2. The number of anilines is 2.